The lowest BCUT2D eigenvalue weighted by atomic mass is 10.0. The normalized spacial score (nSPS) is 16.4. The number of carbonyl (C=O) groups is 1. The Labute approximate surface area is 176 Å². The average Bonchev–Trinajstić information content (AvgIpc) is 3.26. The van der Waals surface area contributed by atoms with Crippen LogP contribution in [0.25, 0.3) is 11.4 Å². The number of nitrogens with one attached hydrogen (secondary N) is 1. The summed E-state index contributed by atoms with van der Waals surface area (Å²) >= 11 is 0. The summed E-state index contributed by atoms with van der Waals surface area (Å²) in [5.74, 6) is 1.74. The summed E-state index contributed by atoms with van der Waals surface area (Å²) in [4.78, 5) is 19.4. The quantitative estimate of drug-likeness (QED) is 0.650. The maximum absolute atomic E-state index is 13.0. The zero-order valence-electron chi connectivity index (χ0n) is 17.5. The fourth-order valence-electron chi connectivity index (χ4n) is 3.80. The predicted octanol–water partition coefficient (Wildman–Crippen LogP) is 5.12. The largest absolute Gasteiger partial charge is 0.497 e. The molecule has 0 aliphatic carbocycles. The summed E-state index contributed by atoms with van der Waals surface area (Å²) in [6.07, 6.45) is 2.76. The van der Waals surface area contributed by atoms with Crippen LogP contribution in [0.1, 0.15) is 42.3 Å². The summed E-state index contributed by atoms with van der Waals surface area (Å²) in [6.45, 7) is 4.69. The molecule has 7 nitrogen and oxygen atoms in total. The summed E-state index contributed by atoms with van der Waals surface area (Å²) in [6, 6.07) is 13.1. The second kappa shape index (κ2) is 8.57. The van der Waals surface area contributed by atoms with Crippen LogP contribution < -0.4 is 10.1 Å². The van der Waals surface area contributed by atoms with Crippen molar-refractivity contribution in [3.63, 3.8) is 0 Å². The first-order chi connectivity index (χ1) is 14.5. The molecule has 1 fully saturated rings. The molecule has 30 heavy (non-hydrogen) atoms. The molecular formula is C23H26N4O3. The van der Waals surface area contributed by atoms with Crippen molar-refractivity contribution < 1.29 is 14.1 Å². The number of urea groups is 1. The van der Waals surface area contributed by atoms with Gasteiger partial charge >= 0.3 is 6.03 Å². The van der Waals surface area contributed by atoms with E-state index in [4.69, 9.17) is 9.26 Å². The fraction of sp³-hybridized carbons (Fsp3) is 0.348. The Hall–Kier alpha value is -3.35. The third-order valence-corrected chi connectivity index (χ3v) is 5.46. The Morgan fingerprint density at radius 3 is 2.70 bits per heavy atom. The highest BCUT2D eigenvalue weighted by Crippen LogP contribution is 2.32. The van der Waals surface area contributed by atoms with Crippen LogP contribution in [-0.2, 0) is 0 Å². The Morgan fingerprint density at radius 2 is 1.97 bits per heavy atom. The van der Waals surface area contributed by atoms with Gasteiger partial charge in [0.15, 0.2) is 0 Å². The van der Waals surface area contributed by atoms with E-state index in [0.717, 1.165) is 41.8 Å². The van der Waals surface area contributed by atoms with Crippen molar-refractivity contribution in [1.29, 1.82) is 0 Å². The van der Waals surface area contributed by atoms with Crippen LogP contribution >= 0.6 is 0 Å². The number of aromatic nitrogens is 2. The van der Waals surface area contributed by atoms with E-state index in [9.17, 15) is 4.79 Å². The van der Waals surface area contributed by atoms with E-state index < -0.39 is 0 Å². The molecule has 0 unspecified atom stereocenters. The predicted molar refractivity (Wildman–Crippen MR) is 115 cm³/mol. The topological polar surface area (TPSA) is 80.5 Å². The van der Waals surface area contributed by atoms with Gasteiger partial charge in [-0.25, -0.2) is 4.79 Å². The Balaban J connectivity index is 1.53. The van der Waals surface area contributed by atoms with E-state index in [-0.39, 0.29) is 12.1 Å². The number of hydrogen-bond donors (Lipinski definition) is 1. The summed E-state index contributed by atoms with van der Waals surface area (Å²) in [7, 11) is 1.63. The molecule has 1 saturated heterocycles. The number of rotatable bonds is 4. The van der Waals surface area contributed by atoms with Crippen LogP contribution in [0.15, 0.2) is 47.0 Å². The van der Waals surface area contributed by atoms with Gasteiger partial charge < -0.3 is 19.5 Å². The number of carbonyl (C=O) groups excluding carboxylic acids is 1. The number of amides is 2. The van der Waals surface area contributed by atoms with Crippen LogP contribution in [-0.4, -0.2) is 34.7 Å². The lowest BCUT2D eigenvalue weighted by molar-refractivity contribution is 0.142. The van der Waals surface area contributed by atoms with Gasteiger partial charge in [0.05, 0.1) is 7.11 Å². The molecule has 0 radical (unpaired) electrons. The molecule has 1 aromatic heterocycles. The molecule has 1 N–H and O–H groups in total. The molecule has 7 heteroatoms. The third-order valence-electron chi connectivity index (χ3n) is 5.46. The molecule has 0 saturated carbocycles. The van der Waals surface area contributed by atoms with E-state index in [1.165, 1.54) is 5.56 Å². The standard InChI is InChI=1S/C23H26N4O3/c1-15-7-12-19(16(2)14-15)24-23(28)27-13-5-4-6-20(27)22-25-21(26-30-22)17-8-10-18(29-3)11-9-17/h7-12,14,20H,4-6,13H2,1-3H3,(H,24,28)/t20-/m0/s1. The van der Waals surface area contributed by atoms with Crippen LogP contribution in [0.2, 0.25) is 0 Å². The van der Waals surface area contributed by atoms with E-state index in [1.54, 1.807) is 12.0 Å². The SMILES string of the molecule is COc1ccc(-c2noc([C@@H]3CCCCN3C(=O)Nc3ccc(C)cc3C)n2)cc1. The Morgan fingerprint density at radius 1 is 1.17 bits per heavy atom. The van der Waals surface area contributed by atoms with Crippen molar-refractivity contribution in [1.82, 2.24) is 15.0 Å². The maximum Gasteiger partial charge on any atom is 0.322 e. The number of likely N-dealkylation sites (tertiary alicyclic amines) is 1. The molecule has 156 valence electrons. The smallest absolute Gasteiger partial charge is 0.322 e. The Kier molecular flexibility index (Phi) is 5.70. The highest BCUT2D eigenvalue weighted by Gasteiger charge is 2.32. The van der Waals surface area contributed by atoms with Crippen molar-refractivity contribution >= 4 is 11.7 Å². The van der Waals surface area contributed by atoms with E-state index in [1.807, 2.05) is 50.2 Å². The number of methoxy groups -OCH3 is 1. The van der Waals surface area contributed by atoms with Crippen molar-refractivity contribution in [2.24, 2.45) is 0 Å². The van der Waals surface area contributed by atoms with Crippen LogP contribution in [0.3, 0.4) is 0 Å². The van der Waals surface area contributed by atoms with Gasteiger partial charge in [-0.05, 0) is 69.0 Å². The van der Waals surface area contributed by atoms with Gasteiger partial charge in [-0.15, -0.1) is 0 Å². The van der Waals surface area contributed by atoms with E-state index >= 15 is 0 Å². The molecule has 2 heterocycles. The second-order valence-corrected chi connectivity index (χ2v) is 7.64. The molecule has 3 aromatic rings. The summed E-state index contributed by atoms with van der Waals surface area (Å²) in [5, 5.41) is 7.17. The van der Waals surface area contributed by atoms with Crippen molar-refractivity contribution in [2.75, 3.05) is 19.0 Å². The van der Waals surface area contributed by atoms with Crippen LogP contribution in [0.5, 0.6) is 5.75 Å². The van der Waals surface area contributed by atoms with Gasteiger partial charge in [-0.3, -0.25) is 0 Å². The first-order valence-corrected chi connectivity index (χ1v) is 10.2. The highest BCUT2D eigenvalue weighted by atomic mass is 16.5. The first kappa shape index (κ1) is 19.9. The lowest BCUT2D eigenvalue weighted by Gasteiger charge is -2.33. The number of nitrogens with zero attached hydrogens (tertiary/aromatic N) is 3. The maximum atomic E-state index is 13.0. The second-order valence-electron chi connectivity index (χ2n) is 7.64. The summed E-state index contributed by atoms with van der Waals surface area (Å²) < 4.78 is 10.8. The van der Waals surface area contributed by atoms with Gasteiger partial charge in [-0.1, -0.05) is 22.9 Å². The molecule has 1 aliphatic rings. The highest BCUT2D eigenvalue weighted by molar-refractivity contribution is 5.90. The number of hydrogen-bond acceptors (Lipinski definition) is 5. The van der Waals surface area contributed by atoms with Crippen molar-refractivity contribution in [3.05, 3.63) is 59.5 Å². The molecule has 2 aromatic carbocycles. The van der Waals surface area contributed by atoms with Gasteiger partial charge in [0, 0.05) is 17.8 Å². The van der Waals surface area contributed by atoms with E-state index in [2.05, 4.69) is 21.5 Å². The molecule has 4 rings (SSSR count). The average molecular weight is 406 g/mol. The monoisotopic (exact) mass is 406 g/mol. The van der Waals surface area contributed by atoms with Gasteiger partial charge in [0.25, 0.3) is 0 Å². The molecular weight excluding hydrogens is 380 g/mol. The number of ether oxygens (including phenoxy) is 1. The number of aryl methyl sites for hydroxylation is 2. The molecule has 0 bridgehead atoms. The minimum absolute atomic E-state index is 0.143. The molecule has 2 amide bonds. The number of anilines is 1. The molecule has 0 spiro atoms. The van der Waals surface area contributed by atoms with Gasteiger partial charge in [-0.2, -0.15) is 4.98 Å². The zero-order chi connectivity index (χ0) is 21.1. The lowest BCUT2D eigenvalue weighted by Crippen LogP contribution is -2.41. The van der Waals surface area contributed by atoms with Crippen LogP contribution in [0.4, 0.5) is 10.5 Å². The molecule has 1 aliphatic heterocycles. The minimum atomic E-state index is -0.232. The number of benzene rings is 2. The summed E-state index contributed by atoms with van der Waals surface area (Å²) in [5.41, 5.74) is 3.86. The minimum Gasteiger partial charge on any atom is -0.497 e. The van der Waals surface area contributed by atoms with Crippen LogP contribution in [0, 0.1) is 13.8 Å². The van der Waals surface area contributed by atoms with E-state index in [0.29, 0.717) is 18.3 Å². The van der Waals surface area contributed by atoms with Gasteiger partial charge in [0.2, 0.25) is 11.7 Å². The first-order valence-electron chi connectivity index (χ1n) is 10.2. The zero-order valence-corrected chi connectivity index (χ0v) is 17.5. The van der Waals surface area contributed by atoms with Crippen molar-refractivity contribution in [3.8, 4) is 17.1 Å². The van der Waals surface area contributed by atoms with Crippen molar-refractivity contribution in [2.45, 2.75) is 39.2 Å². The molecule has 1 atom stereocenters. The Bertz CT molecular complexity index is 1030. The van der Waals surface area contributed by atoms with Gasteiger partial charge in [0.1, 0.15) is 11.8 Å². The third kappa shape index (κ3) is 4.15. The number of piperidine rings is 1. The fourth-order valence-corrected chi connectivity index (χ4v) is 3.80.